The van der Waals surface area contributed by atoms with Crippen molar-refractivity contribution in [1.29, 1.82) is 0 Å². The van der Waals surface area contributed by atoms with Crippen molar-refractivity contribution in [3.8, 4) is 0 Å². The minimum absolute atomic E-state index is 0.0237. The first-order valence-corrected chi connectivity index (χ1v) is 8.24. The average molecular weight is 272 g/mol. The van der Waals surface area contributed by atoms with E-state index in [0.29, 0.717) is 17.6 Å². The summed E-state index contributed by atoms with van der Waals surface area (Å²) in [5, 5.41) is 9.83. The number of rotatable bonds is 0. The molecule has 0 heterocycles. The molecular formula is C18H24O2. The smallest absolute Gasteiger partial charge is 0.139 e. The molecule has 0 bridgehead atoms. The van der Waals surface area contributed by atoms with Crippen LogP contribution in [0.1, 0.15) is 58.3 Å². The average Bonchev–Trinajstić information content (AvgIpc) is 2.74. The fraction of sp³-hybridized carbons (Fsp3) is 0.722. The lowest BCUT2D eigenvalue weighted by Crippen LogP contribution is -2.40. The second kappa shape index (κ2) is 4.30. The highest BCUT2D eigenvalue weighted by atomic mass is 16.3. The van der Waals surface area contributed by atoms with Crippen LogP contribution in [0.3, 0.4) is 0 Å². The zero-order valence-electron chi connectivity index (χ0n) is 12.3. The van der Waals surface area contributed by atoms with Gasteiger partial charge in [0.05, 0.1) is 6.10 Å². The van der Waals surface area contributed by atoms with Gasteiger partial charge >= 0.3 is 0 Å². The summed E-state index contributed by atoms with van der Waals surface area (Å²) in [5.41, 5.74) is 4.62. The van der Waals surface area contributed by atoms with E-state index in [1.165, 1.54) is 12.0 Å². The first kappa shape index (κ1) is 12.8. The molecule has 2 heteroatoms. The SMILES string of the molecule is CC12CCC3=C4CCC(O)C=C4CCC3C1CCC2=O. The Kier molecular flexibility index (Phi) is 2.76. The molecule has 4 atom stereocenters. The van der Waals surface area contributed by atoms with E-state index >= 15 is 0 Å². The van der Waals surface area contributed by atoms with Crippen LogP contribution in [0, 0.1) is 17.3 Å². The first-order chi connectivity index (χ1) is 9.59. The van der Waals surface area contributed by atoms with Gasteiger partial charge in [-0.25, -0.2) is 0 Å². The number of aliphatic hydroxyl groups is 1. The standard InChI is InChI=1S/C18H24O2/c1-18-9-8-14-13-5-3-12(19)10-11(13)2-4-15(14)16(18)6-7-17(18)20/h10,12,15-16,19H,2-9H2,1H3. The summed E-state index contributed by atoms with van der Waals surface area (Å²) in [4.78, 5) is 12.3. The van der Waals surface area contributed by atoms with Gasteiger partial charge < -0.3 is 5.11 Å². The van der Waals surface area contributed by atoms with E-state index in [1.54, 1.807) is 11.1 Å². The summed E-state index contributed by atoms with van der Waals surface area (Å²) in [6.07, 6.45) is 10.2. The van der Waals surface area contributed by atoms with Gasteiger partial charge in [-0.2, -0.15) is 0 Å². The quantitative estimate of drug-likeness (QED) is 0.732. The third-order valence-electron chi connectivity index (χ3n) is 6.57. The number of fused-ring (bicyclic) bond motifs is 4. The minimum atomic E-state index is -0.229. The monoisotopic (exact) mass is 272 g/mol. The number of hydrogen-bond donors (Lipinski definition) is 1. The third-order valence-corrected chi connectivity index (χ3v) is 6.57. The zero-order valence-corrected chi connectivity index (χ0v) is 12.3. The Morgan fingerprint density at radius 2 is 2.00 bits per heavy atom. The Labute approximate surface area is 120 Å². The van der Waals surface area contributed by atoms with Crippen LogP contribution < -0.4 is 0 Å². The topological polar surface area (TPSA) is 37.3 Å². The molecule has 0 spiro atoms. The first-order valence-electron chi connectivity index (χ1n) is 8.24. The molecule has 0 radical (unpaired) electrons. The summed E-state index contributed by atoms with van der Waals surface area (Å²) in [5.74, 6) is 1.77. The fourth-order valence-corrected chi connectivity index (χ4v) is 5.42. The summed E-state index contributed by atoms with van der Waals surface area (Å²) in [6.45, 7) is 2.23. The van der Waals surface area contributed by atoms with Crippen molar-refractivity contribution < 1.29 is 9.90 Å². The molecule has 4 rings (SSSR count). The van der Waals surface area contributed by atoms with Gasteiger partial charge in [0, 0.05) is 11.8 Å². The van der Waals surface area contributed by atoms with Gasteiger partial charge in [-0.05, 0) is 67.9 Å². The molecule has 2 fully saturated rings. The summed E-state index contributed by atoms with van der Waals surface area (Å²) in [6, 6.07) is 0. The van der Waals surface area contributed by atoms with Crippen LogP contribution in [0.5, 0.6) is 0 Å². The van der Waals surface area contributed by atoms with Crippen LogP contribution in [0.15, 0.2) is 22.8 Å². The van der Waals surface area contributed by atoms with Gasteiger partial charge in [-0.1, -0.05) is 18.6 Å². The van der Waals surface area contributed by atoms with E-state index in [9.17, 15) is 9.90 Å². The maximum absolute atomic E-state index is 12.3. The maximum atomic E-state index is 12.3. The maximum Gasteiger partial charge on any atom is 0.139 e. The summed E-state index contributed by atoms with van der Waals surface area (Å²) < 4.78 is 0. The lowest BCUT2D eigenvalue weighted by Gasteiger charge is -2.46. The van der Waals surface area contributed by atoms with Crippen LogP contribution in [0.4, 0.5) is 0 Å². The molecule has 4 aliphatic rings. The van der Waals surface area contributed by atoms with E-state index in [4.69, 9.17) is 0 Å². The lowest BCUT2D eigenvalue weighted by atomic mass is 9.57. The molecule has 4 unspecified atom stereocenters. The van der Waals surface area contributed by atoms with Crippen LogP contribution in [-0.4, -0.2) is 17.0 Å². The Balaban J connectivity index is 1.74. The van der Waals surface area contributed by atoms with Crippen molar-refractivity contribution >= 4 is 5.78 Å². The zero-order chi connectivity index (χ0) is 13.9. The highest BCUT2D eigenvalue weighted by Gasteiger charge is 2.53. The molecular weight excluding hydrogens is 248 g/mol. The molecule has 0 aromatic rings. The van der Waals surface area contributed by atoms with Gasteiger partial charge in [0.25, 0.3) is 0 Å². The number of ketones is 1. The van der Waals surface area contributed by atoms with Gasteiger partial charge in [0.15, 0.2) is 0 Å². The van der Waals surface area contributed by atoms with Gasteiger partial charge in [-0.15, -0.1) is 0 Å². The van der Waals surface area contributed by atoms with E-state index in [0.717, 1.165) is 44.9 Å². The lowest BCUT2D eigenvalue weighted by molar-refractivity contribution is -0.128. The molecule has 0 aliphatic heterocycles. The van der Waals surface area contributed by atoms with Gasteiger partial charge in [0.2, 0.25) is 0 Å². The Morgan fingerprint density at radius 1 is 1.15 bits per heavy atom. The molecule has 4 aliphatic carbocycles. The largest absolute Gasteiger partial charge is 0.389 e. The molecule has 2 nitrogen and oxygen atoms in total. The van der Waals surface area contributed by atoms with Crippen molar-refractivity contribution in [3.63, 3.8) is 0 Å². The highest BCUT2D eigenvalue weighted by molar-refractivity contribution is 5.87. The number of carbonyl (C=O) groups excluding carboxylic acids is 1. The van der Waals surface area contributed by atoms with Crippen molar-refractivity contribution in [3.05, 3.63) is 22.8 Å². The predicted octanol–water partition coefficient (Wildman–Crippen LogP) is 3.55. The van der Waals surface area contributed by atoms with Crippen LogP contribution in [0.2, 0.25) is 0 Å². The Bertz CT molecular complexity index is 528. The van der Waals surface area contributed by atoms with E-state index in [2.05, 4.69) is 13.0 Å². The van der Waals surface area contributed by atoms with Crippen molar-refractivity contribution in [1.82, 2.24) is 0 Å². The number of Topliss-reactive ketones (excluding diaryl/α,β-unsaturated/α-hetero) is 1. The molecule has 0 saturated heterocycles. The van der Waals surface area contributed by atoms with Crippen molar-refractivity contribution in [2.75, 3.05) is 0 Å². The highest BCUT2D eigenvalue weighted by Crippen LogP contribution is 2.58. The molecule has 0 amide bonds. The van der Waals surface area contributed by atoms with Crippen molar-refractivity contribution in [2.45, 2.75) is 64.4 Å². The normalized spacial score (nSPS) is 43.8. The molecule has 20 heavy (non-hydrogen) atoms. The molecule has 2 saturated carbocycles. The molecule has 108 valence electrons. The predicted molar refractivity (Wildman–Crippen MR) is 78.1 cm³/mol. The molecule has 0 aromatic heterocycles. The number of allylic oxidation sites excluding steroid dienone is 3. The summed E-state index contributed by atoms with van der Waals surface area (Å²) >= 11 is 0. The van der Waals surface area contributed by atoms with E-state index < -0.39 is 0 Å². The Morgan fingerprint density at radius 3 is 2.85 bits per heavy atom. The Hall–Kier alpha value is -0.890. The summed E-state index contributed by atoms with van der Waals surface area (Å²) in [7, 11) is 0. The molecule has 0 aromatic carbocycles. The number of aliphatic hydroxyl groups excluding tert-OH is 1. The number of hydrogen-bond acceptors (Lipinski definition) is 2. The van der Waals surface area contributed by atoms with Gasteiger partial charge in [0.1, 0.15) is 5.78 Å². The second-order valence-corrected chi connectivity index (χ2v) is 7.43. The molecule has 1 N–H and O–H groups in total. The van der Waals surface area contributed by atoms with Crippen LogP contribution in [0.25, 0.3) is 0 Å². The second-order valence-electron chi connectivity index (χ2n) is 7.43. The minimum Gasteiger partial charge on any atom is -0.389 e. The van der Waals surface area contributed by atoms with Crippen LogP contribution in [-0.2, 0) is 4.79 Å². The third kappa shape index (κ3) is 1.64. The fourth-order valence-electron chi connectivity index (χ4n) is 5.42. The van der Waals surface area contributed by atoms with Crippen LogP contribution >= 0.6 is 0 Å². The van der Waals surface area contributed by atoms with Gasteiger partial charge in [-0.3, -0.25) is 4.79 Å². The van der Waals surface area contributed by atoms with E-state index in [-0.39, 0.29) is 11.5 Å². The number of carbonyl (C=O) groups is 1. The van der Waals surface area contributed by atoms with Crippen molar-refractivity contribution in [2.24, 2.45) is 17.3 Å². The van der Waals surface area contributed by atoms with E-state index in [1.807, 2.05) is 0 Å².